The van der Waals surface area contributed by atoms with Gasteiger partial charge in [-0.05, 0) is 18.1 Å². The fourth-order valence-electron chi connectivity index (χ4n) is 1.71. The van der Waals surface area contributed by atoms with Gasteiger partial charge in [0.1, 0.15) is 17.7 Å². The molecule has 0 aromatic heterocycles. The molecule has 2 N–H and O–H groups in total. The van der Waals surface area contributed by atoms with Crippen LogP contribution in [-0.4, -0.2) is 30.8 Å². The highest BCUT2D eigenvalue weighted by molar-refractivity contribution is 5.75. The number of rotatable bonds is 8. The number of hydrogen-bond donors (Lipinski definition) is 2. The lowest BCUT2D eigenvalue weighted by atomic mass is 10.1. The molecule has 0 saturated carbocycles. The van der Waals surface area contributed by atoms with Gasteiger partial charge in [0.15, 0.2) is 0 Å². The molecule has 6 heteroatoms. The summed E-state index contributed by atoms with van der Waals surface area (Å²) < 4.78 is 32.1. The van der Waals surface area contributed by atoms with Crippen LogP contribution in [0.3, 0.4) is 0 Å². The highest BCUT2D eigenvalue weighted by Crippen LogP contribution is 2.19. The summed E-state index contributed by atoms with van der Waals surface area (Å²) in [6, 6.07) is 3.33. The predicted octanol–water partition coefficient (Wildman–Crippen LogP) is 2.18. The van der Waals surface area contributed by atoms with E-state index in [1.165, 1.54) is 6.07 Å². The summed E-state index contributed by atoms with van der Waals surface area (Å²) in [5.41, 5.74) is -0.436. The number of carbonyl (C=O) groups is 1. The molecule has 118 valence electrons. The summed E-state index contributed by atoms with van der Waals surface area (Å²) in [5, 5.41) is 12.2. The Balaban J connectivity index is 2.36. The van der Waals surface area contributed by atoms with Gasteiger partial charge in [-0.1, -0.05) is 19.9 Å². The van der Waals surface area contributed by atoms with Crippen LogP contribution < -0.4 is 5.32 Å². The van der Waals surface area contributed by atoms with E-state index in [0.717, 1.165) is 12.1 Å². The summed E-state index contributed by atoms with van der Waals surface area (Å²) in [6.07, 6.45) is -1.29. The van der Waals surface area contributed by atoms with Gasteiger partial charge in [0.05, 0.1) is 12.2 Å². The lowest BCUT2D eigenvalue weighted by Gasteiger charge is -2.14. The first-order valence-corrected chi connectivity index (χ1v) is 6.88. The van der Waals surface area contributed by atoms with E-state index in [9.17, 15) is 18.7 Å². The number of carbonyl (C=O) groups excluding carboxylic acids is 1. The fraction of sp³-hybridized carbons (Fsp3) is 0.533. The smallest absolute Gasteiger partial charge is 0.222 e. The van der Waals surface area contributed by atoms with Crippen molar-refractivity contribution in [3.8, 4) is 0 Å². The molecule has 1 aromatic carbocycles. The normalized spacial score (nSPS) is 12.5. The molecule has 1 rings (SSSR count). The Hall–Kier alpha value is -1.53. The van der Waals surface area contributed by atoms with E-state index in [1.54, 1.807) is 0 Å². The van der Waals surface area contributed by atoms with Gasteiger partial charge >= 0.3 is 0 Å². The van der Waals surface area contributed by atoms with Crippen LogP contribution in [0.15, 0.2) is 18.2 Å². The van der Waals surface area contributed by atoms with Crippen molar-refractivity contribution in [1.29, 1.82) is 0 Å². The largest absolute Gasteiger partial charge is 0.386 e. The van der Waals surface area contributed by atoms with Crippen LogP contribution in [0.25, 0.3) is 0 Å². The van der Waals surface area contributed by atoms with Crippen molar-refractivity contribution in [3.05, 3.63) is 35.4 Å². The van der Waals surface area contributed by atoms with Crippen molar-refractivity contribution in [1.82, 2.24) is 5.32 Å². The number of nitrogens with one attached hydrogen (secondary N) is 1. The second-order valence-corrected chi connectivity index (χ2v) is 5.17. The highest BCUT2D eigenvalue weighted by Gasteiger charge is 2.18. The zero-order valence-electron chi connectivity index (χ0n) is 12.2. The minimum absolute atomic E-state index is 0.138. The molecule has 0 fully saturated rings. The van der Waals surface area contributed by atoms with E-state index < -0.39 is 23.3 Å². The number of benzene rings is 1. The van der Waals surface area contributed by atoms with Crippen molar-refractivity contribution < 1.29 is 23.4 Å². The molecule has 1 unspecified atom stereocenters. The average Bonchev–Trinajstić information content (AvgIpc) is 2.41. The number of ether oxygens (including phenoxy) is 1. The van der Waals surface area contributed by atoms with E-state index in [4.69, 9.17) is 4.74 Å². The summed E-state index contributed by atoms with van der Waals surface area (Å²) >= 11 is 0. The van der Waals surface area contributed by atoms with Crippen molar-refractivity contribution in [2.24, 2.45) is 5.92 Å². The molecule has 0 aliphatic carbocycles. The zero-order chi connectivity index (χ0) is 15.8. The van der Waals surface area contributed by atoms with Crippen LogP contribution in [0.2, 0.25) is 0 Å². The maximum absolute atomic E-state index is 13.4. The number of hydrogen-bond acceptors (Lipinski definition) is 3. The quantitative estimate of drug-likeness (QED) is 0.724. The number of aliphatic hydroxyl groups excluding tert-OH is 1. The SMILES string of the molecule is CC(C)COCCC(=O)NCC(O)c1c(F)cccc1F. The van der Waals surface area contributed by atoms with Gasteiger partial charge in [-0.15, -0.1) is 0 Å². The second-order valence-electron chi connectivity index (χ2n) is 5.17. The van der Waals surface area contributed by atoms with Crippen molar-refractivity contribution in [3.63, 3.8) is 0 Å². The molecule has 0 bridgehead atoms. The molecular formula is C15H21F2NO3. The first-order chi connectivity index (χ1) is 9.91. The van der Waals surface area contributed by atoms with Crippen LogP contribution in [-0.2, 0) is 9.53 Å². The van der Waals surface area contributed by atoms with Crippen LogP contribution in [0.5, 0.6) is 0 Å². The minimum Gasteiger partial charge on any atom is -0.386 e. The Bertz CT molecular complexity index is 446. The van der Waals surface area contributed by atoms with E-state index >= 15 is 0 Å². The fourth-order valence-corrected chi connectivity index (χ4v) is 1.71. The Labute approximate surface area is 123 Å². The third-order valence-electron chi connectivity index (χ3n) is 2.75. The first kappa shape index (κ1) is 17.5. The first-order valence-electron chi connectivity index (χ1n) is 6.88. The molecule has 0 aliphatic heterocycles. The Morgan fingerprint density at radius 2 is 1.95 bits per heavy atom. The second kappa shape index (κ2) is 8.69. The van der Waals surface area contributed by atoms with Gasteiger partial charge in [0.25, 0.3) is 0 Å². The summed E-state index contributed by atoms with van der Waals surface area (Å²) in [4.78, 5) is 11.5. The van der Waals surface area contributed by atoms with Gasteiger partial charge in [0.2, 0.25) is 5.91 Å². The van der Waals surface area contributed by atoms with Crippen LogP contribution in [0.4, 0.5) is 8.78 Å². The van der Waals surface area contributed by atoms with Crippen molar-refractivity contribution in [2.75, 3.05) is 19.8 Å². The van der Waals surface area contributed by atoms with Gasteiger partial charge in [-0.2, -0.15) is 0 Å². The molecule has 0 aliphatic rings. The molecule has 0 saturated heterocycles. The van der Waals surface area contributed by atoms with Gasteiger partial charge < -0.3 is 15.2 Å². The Kier molecular flexibility index (Phi) is 7.25. The monoisotopic (exact) mass is 301 g/mol. The molecule has 0 spiro atoms. The van der Waals surface area contributed by atoms with E-state index in [2.05, 4.69) is 5.32 Å². The Morgan fingerprint density at radius 1 is 1.33 bits per heavy atom. The van der Waals surface area contributed by atoms with Gasteiger partial charge in [-0.25, -0.2) is 8.78 Å². The number of amides is 1. The van der Waals surface area contributed by atoms with Gasteiger partial charge in [-0.3, -0.25) is 4.79 Å². The lowest BCUT2D eigenvalue weighted by molar-refractivity contribution is -0.122. The van der Waals surface area contributed by atoms with Crippen LogP contribution >= 0.6 is 0 Å². The van der Waals surface area contributed by atoms with Crippen LogP contribution in [0.1, 0.15) is 31.9 Å². The zero-order valence-corrected chi connectivity index (χ0v) is 12.2. The average molecular weight is 301 g/mol. The number of halogens is 2. The maximum atomic E-state index is 13.4. The molecule has 21 heavy (non-hydrogen) atoms. The standard InChI is InChI=1S/C15H21F2NO3/c1-10(2)9-21-7-6-14(20)18-8-13(19)15-11(16)4-3-5-12(15)17/h3-5,10,13,19H,6-9H2,1-2H3,(H,18,20). The molecule has 1 atom stereocenters. The highest BCUT2D eigenvalue weighted by atomic mass is 19.1. The van der Waals surface area contributed by atoms with Crippen LogP contribution in [0, 0.1) is 17.6 Å². The van der Waals surface area contributed by atoms with E-state index in [0.29, 0.717) is 12.5 Å². The predicted molar refractivity (Wildman–Crippen MR) is 74.6 cm³/mol. The summed E-state index contributed by atoms with van der Waals surface area (Å²) in [6.45, 7) is 4.59. The third kappa shape index (κ3) is 6.18. The summed E-state index contributed by atoms with van der Waals surface area (Å²) in [7, 11) is 0. The van der Waals surface area contributed by atoms with E-state index in [-0.39, 0.29) is 25.5 Å². The topological polar surface area (TPSA) is 58.6 Å². The van der Waals surface area contributed by atoms with Crippen molar-refractivity contribution >= 4 is 5.91 Å². The molecule has 1 aromatic rings. The maximum Gasteiger partial charge on any atom is 0.222 e. The van der Waals surface area contributed by atoms with E-state index in [1.807, 2.05) is 13.8 Å². The molecule has 4 nitrogen and oxygen atoms in total. The third-order valence-corrected chi connectivity index (χ3v) is 2.75. The number of aliphatic hydroxyl groups is 1. The Morgan fingerprint density at radius 3 is 2.52 bits per heavy atom. The lowest BCUT2D eigenvalue weighted by Crippen LogP contribution is -2.29. The van der Waals surface area contributed by atoms with Crippen molar-refractivity contribution in [2.45, 2.75) is 26.4 Å². The summed E-state index contributed by atoms with van der Waals surface area (Å²) in [5.74, 6) is -1.62. The molecule has 0 radical (unpaired) electrons. The van der Waals surface area contributed by atoms with Gasteiger partial charge in [0, 0.05) is 19.6 Å². The molecular weight excluding hydrogens is 280 g/mol. The minimum atomic E-state index is -1.42. The molecule has 0 heterocycles. The molecule has 1 amide bonds.